The fourth-order valence-corrected chi connectivity index (χ4v) is 2.82. The van der Waals surface area contributed by atoms with E-state index in [1.165, 1.54) is 24.3 Å². The second-order valence-corrected chi connectivity index (χ2v) is 6.33. The number of fused-ring (bicyclic) bond motifs is 1. The number of oxazole rings is 1. The van der Waals surface area contributed by atoms with Gasteiger partial charge in [-0.25, -0.2) is 4.98 Å². The molecule has 4 aromatic rings. The molecule has 4 rings (SSSR count). The van der Waals surface area contributed by atoms with Crippen LogP contribution in [-0.2, 0) is 0 Å². The molecule has 0 unspecified atom stereocenters. The zero-order chi connectivity index (χ0) is 19.7. The van der Waals surface area contributed by atoms with Gasteiger partial charge in [-0.2, -0.15) is 0 Å². The summed E-state index contributed by atoms with van der Waals surface area (Å²) in [6.45, 7) is 1.99. The van der Waals surface area contributed by atoms with Crippen molar-refractivity contribution in [2.45, 2.75) is 6.92 Å². The molecule has 1 N–H and O–H groups in total. The Morgan fingerprint density at radius 1 is 1.07 bits per heavy atom. The Morgan fingerprint density at radius 2 is 1.86 bits per heavy atom. The number of nitrogens with one attached hydrogen (secondary N) is 1. The number of carbonyl (C=O) groups excluding carboxylic acids is 1. The first-order valence-electron chi connectivity index (χ1n) is 8.53. The van der Waals surface area contributed by atoms with Gasteiger partial charge in [0, 0.05) is 28.9 Å². The lowest BCUT2D eigenvalue weighted by molar-refractivity contribution is -0.384. The van der Waals surface area contributed by atoms with Crippen LogP contribution in [-0.4, -0.2) is 15.8 Å². The molecule has 7 nitrogen and oxygen atoms in total. The fraction of sp³-hybridized carbons (Fsp3) is 0.0476. The minimum Gasteiger partial charge on any atom is -0.436 e. The fourth-order valence-electron chi connectivity index (χ4n) is 2.82. The van der Waals surface area contributed by atoms with Gasteiger partial charge in [-0.05, 0) is 55.0 Å². The first-order chi connectivity index (χ1) is 13.5. The van der Waals surface area contributed by atoms with E-state index in [1.807, 2.05) is 25.1 Å². The smallest absolute Gasteiger partial charge is 0.270 e. The molecule has 0 aliphatic heterocycles. The van der Waals surface area contributed by atoms with Crippen LogP contribution < -0.4 is 5.32 Å². The maximum absolute atomic E-state index is 12.3. The van der Waals surface area contributed by atoms with E-state index in [-0.39, 0.29) is 11.3 Å². The highest BCUT2D eigenvalue weighted by atomic mass is 16.6. The molecule has 0 saturated carbocycles. The molecule has 0 saturated heterocycles. The lowest BCUT2D eigenvalue weighted by Crippen LogP contribution is -2.11. The summed E-state index contributed by atoms with van der Waals surface area (Å²) >= 11 is 0. The number of nitrogens with zero attached hydrogens (tertiary/aromatic N) is 2. The number of hydrogen-bond acceptors (Lipinski definition) is 5. The third kappa shape index (κ3) is 3.45. The van der Waals surface area contributed by atoms with E-state index in [9.17, 15) is 14.9 Å². The van der Waals surface area contributed by atoms with Crippen molar-refractivity contribution in [2.24, 2.45) is 0 Å². The molecule has 28 heavy (non-hydrogen) atoms. The van der Waals surface area contributed by atoms with Crippen LogP contribution in [0.25, 0.3) is 22.6 Å². The van der Waals surface area contributed by atoms with Gasteiger partial charge in [0.25, 0.3) is 11.6 Å². The van der Waals surface area contributed by atoms with Gasteiger partial charge in [0.05, 0.1) is 4.92 Å². The standard InChI is InChI=1S/C21H15N3O4/c1-13-5-10-18-19(11-13)28-21(23-18)14-6-8-16(9-7-14)22-20(25)15-3-2-4-17(12-15)24(26)27/h2-12H,1H3,(H,22,25). The molecule has 1 heterocycles. The number of aromatic nitrogens is 1. The molecule has 3 aromatic carbocycles. The Bertz CT molecular complexity index is 1200. The van der Waals surface area contributed by atoms with E-state index in [2.05, 4.69) is 10.3 Å². The average molecular weight is 373 g/mol. The van der Waals surface area contributed by atoms with E-state index in [0.29, 0.717) is 11.6 Å². The minimum atomic E-state index is -0.534. The Balaban J connectivity index is 1.53. The molecule has 0 aliphatic carbocycles. The van der Waals surface area contributed by atoms with Gasteiger partial charge in [0.1, 0.15) is 5.52 Å². The Morgan fingerprint density at radius 3 is 2.61 bits per heavy atom. The number of non-ortho nitro benzene ring substituents is 1. The van der Waals surface area contributed by atoms with Crippen LogP contribution in [0.4, 0.5) is 11.4 Å². The zero-order valence-corrected chi connectivity index (χ0v) is 14.9. The van der Waals surface area contributed by atoms with Crippen LogP contribution in [0.2, 0.25) is 0 Å². The van der Waals surface area contributed by atoms with Crippen LogP contribution in [0.1, 0.15) is 15.9 Å². The quantitative estimate of drug-likeness (QED) is 0.402. The number of benzene rings is 3. The Kier molecular flexibility index (Phi) is 4.33. The largest absolute Gasteiger partial charge is 0.436 e. The Hall–Kier alpha value is -4.00. The summed E-state index contributed by atoms with van der Waals surface area (Å²) in [6.07, 6.45) is 0. The second-order valence-electron chi connectivity index (χ2n) is 6.33. The SMILES string of the molecule is Cc1ccc2nc(-c3ccc(NC(=O)c4cccc([N+](=O)[O-])c4)cc3)oc2c1. The predicted molar refractivity (Wildman–Crippen MR) is 105 cm³/mol. The van der Waals surface area contributed by atoms with Crippen LogP contribution in [0.5, 0.6) is 0 Å². The first-order valence-corrected chi connectivity index (χ1v) is 8.53. The van der Waals surface area contributed by atoms with Gasteiger partial charge in [-0.3, -0.25) is 14.9 Å². The van der Waals surface area contributed by atoms with Gasteiger partial charge in [-0.1, -0.05) is 12.1 Å². The van der Waals surface area contributed by atoms with E-state index in [4.69, 9.17) is 4.42 Å². The monoisotopic (exact) mass is 373 g/mol. The van der Waals surface area contributed by atoms with Crippen LogP contribution >= 0.6 is 0 Å². The lowest BCUT2D eigenvalue weighted by atomic mass is 10.1. The van der Waals surface area contributed by atoms with Gasteiger partial charge in [0.15, 0.2) is 5.58 Å². The molecule has 0 fully saturated rings. The summed E-state index contributed by atoms with van der Waals surface area (Å²) in [5.41, 5.74) is 4.02. The number of rotatable bonds is 4. The summed E-state index contributed by atoms with van der Waals surface area (Å²) < 4.78 is 5.80. The van der Waals surface area contributed by atoms with Gasteiger partial charge in [0.2, 0.25) is 5.89 Å². The molecule has 7 heteroatoms. The zero-order valence-electron chi connectivity index (χ0n) is 14.9. The topological polar surface area (TPSA) is 98.3 Å². The van der Waals surface area contributed by atoms with Gasteiger partial charge in [-0.15, -0.1) is 0 Å². The number of amides is 1. The maximum Gasteiger partial charge on any atom is 0.270 e. The van der Waals surface area contributed by atoms with Crippen molar-refractivity contribution in [1.82, 2.24) is 4.98 Å². The summed E-state index contributed by atoms with van der Waals surface area (Å²) in [7, 11) is 0. The summed E-state index contributed by atoms with van der Waals surface area (Å²) in [4.78, 5) is 27.1. The normalized spacial score (nSPS) is 10.8. The molecule has 0 spiro atoms. The molecule has 0 bridgehead atoms. The van der Waals surface area contributed by atoms with Crippen molar-refractivity contribution < 1.29 is 14.1 Å². The molecule has 138 valence electrons. The van der Waals surface area contributed by atoms with E-state index in [1.54, 1.807) is 24.3 Å². The highest BCUT2D eigenvalue weighted by Crippen LogP contribution is 2.26. The number of aryl methyl sites for hydroxylation is 1. The summed E-state index contributed by atoms with van der Waals surface area (Å²) in [5.74, 6) is 0.0750. The minimum absolute atomic E-state index is 0.130. The number of anilines is 1. The van der Waals surface area contributed by atoms with Crippen molar-refractivity contribution in [3.05, 3.63) is 88.0 Å². The molecular weight excluding hydrogens is 358 g/mol. The molecule has 1 aromatic heterocycles. The summed E-state index contributed by atoms with van der Waals surface area (Å²) in [6, 6.07) is 18.4. The van der Waals surface area contributed by atoms with Crippen molar-refractivity contribution >= 4 is 28.4 Å². The lowest BCUT2D eigenvalue weighted by Gasteiger charge is -2.05. The highest BCUT2D eigenvalue weighted by Gasteiger charge is 2.12. The predicted octanol–water partition coefficient (Wildman–Crippen LogP) is 4.96. The molecular formula is C21H15N3O4. The highest BCUT2D eigenvalue weighted by molar-refractivity contribution is 6.04. The van der Waals surface area contributed by atoms with Crippen molar-refractivity contribution in [3.8, 4) is 11.5 Å². The molecule has 0 radical (unpaired) electrons. The second kappa shape index (κ2) is 6.96. The van der Waals surface area contributed by atoms with E-state index < -0.39 is 10.8 Å². The molecule has 0 aliphatic rings. The third-order valence-corrected chi connectivity index (χ3v) is 4.25. The maximum atomic E-state index is 12.3. The van der Waals surface area contributed by atoms with Gasteiger partial charge < -0.3 is 9.73 Å². The van der Waals surface area contributed by atoms with Gasteiger partial charge >= 0.3 is 0 Å². The van der Waals surface area contributed by atoms with Crippen LogP contribution in [0, 0.1) is 17.0 Å². The van der Waals surface area contributed by atoms with E-state index >= 15 is 0 Å². The average Bonchev–Trinajstić information content (AvgIpc) is 3.11. The molecule has 0 atom stereocenters. The number of carbonyl (C=O) groups is 1. The third-order valence-electron chi connectivity index (χ3n) is 4.25. The van der Waals surface area contributed by atoms with Crippen LogP contribution in [0.15, 0.2) is 71.1 Å². The summed E-state index contributed by atoms with van der Waals surface area (Å²) in [5, 5.41) is 13.6. The van der Waals surface area contributed by atoms with Crippen molar-refractivity contribution in [3.63, 3.8) is 0 Å². The first kappa shape index (κ1) is 17.4. The number of nitro benzene ring substituents is 1. The Labute approximate surface area is 159 Å². The van der Waals surface area contributed by atoms with Crippen LogP contribution in [0.3, 0.4) is 0 Å². The number of hydrogen-bond donors (Lipinski definition) is 1. The van der Waals surface area contributed by atoms with E-state index in [0.717, 1.165) is 22.2 Å². The van der Waals surface area contributed by atoms with Crippen molar-refractivity contribution in [1.29, 1.82) is 0 Å². The molecule has 1 amide bonds. The number of nitro groups is 1. The van der Waals surface area contributed by atoms with Crippen molar-refractivity contribution in [2.75, 3.05) is 5.32 Å².